The van der Waals surface area contributed by atoms with E-state index in [0.29, 0.717) is 21.3 Å². The molecule has 0 saturated carbocycles. The molecule has 29 heavy (non-hydrogen) atoms. The zero-order chi connectivity index (χ0) is 20.5. The summed E-state index contributed by atoms with van der Waals surface area (Å²) in [6.07, 6.45) is 0.271. The lowest BCUT2D eigenvalue weighted by Gasteiger charge is -2.24. The van der Waals surface area contributed by atoms with Gasteiger partial charge in [-0.3, -0.25) is 9.59 Å². The van der Waals surface area contributed by atoms with Gasteiger partial charge < -0.3 is 20.5 Å². The van der Waals surface area contributed by atoms with E-state index in [9.17, 15) is 14.7 Å². The number of nitrogens with one attached hydrogen (secondary N) is 2. The van der Waals surface area contributed by atoms with Gasteiger partial charge in [0.25, 0.3) is 5.91 Å². The highest BCUT2D eigenvalue weighted by Crippen LogP contribution is 2.45. The molecule has 0 aliphatic carbocycles. The average Bonchev–Trinajstić information content (AvgIpc) is 3.04. The highest BCUT2D eigenvalue weighted by Gasteiger charge is 2.33. The Morgan fingerprint density at radius 3 is 2.69 bits per heavy atom. The van der Waals surface area contributed by atoms with Gasteiger partial charge in [0.2, 0.25) is 5.91 Å². The lowest BCUT2D eigenvalue weighted by atomic mass is 9.85. The van der Waals surface area contributed by atoms with E-state index in [0.717, 1.165) is 16.7 Å². The lowest BCUT2D eigenvalue weighted by Crippen LogP contribution is -2.22. The molecule has 0 spiro atoms. The molecule has 7 heteroatoms. The van der Waals surface area contributed by atoms with Crippen molar-refractivity contribution in [2.45, 2.75) is 19.3 Å². The number of methoxy groups -OCH3 is 1. The van der Waals surface area contributed by atoms with Gasteiger partial charge in [0.1, 0.15) is 11.5 Å². The molecule has 0 unspecified atom stereocenters. The summed E-state index contributed by atoms with van der Waals surface area (Å²) < 4.78 is 5.14. The molecule has 4 rings (SSSR count). The van der Waals surface area contributed by atoms with Crippen molar-refractivity contribution in [1.82, 2.24) is 0 Å². The molecule has 3 aromatic rings. The quantitative estimate of drug-likeness (QED) is 0.593. The van der Waals surface area contributed by atoms with Crippen LogP contribution in [0.5, 0.6) is 11.5 Å². The van der Waals surface area contributed by atoms with Gasteiger partial charge in [-0.05, 0) is 60.0 Å². The maximum Gasteiger partial charge on any atom is 0.266 e. The smallest absolute Gasteiger partial charge is 0.266 e. The summed E-state index contributed by atoms with van der Waals surface area (Å²) in [5, 5.41) is 16.3. The fourth-order valence-electron chi connectivity index (χ4n) is 3.61. The van der Waals surface area contributed by atoms with Crippen LogP contribution < -0.4 is 15.4 Å². The van der Waals surface area contributed by atoms with Crippen LogP contribution in [0.4, 0.5) is 10.7 Å². The number of hydrogen-bond donors (Lipinski definition) is 3. The fraction of sp³-hybridized carbons (Fsp3) is 0.182. The molecule has 2 heterocycles. The number of carbonyl (C=O) groups is 2. The van der Waals surface area contributed by atoms with Crippen LogP contribution in [0.1, 0.15) is 38.7 Å². The number of thiophene rings is 1. The van der Waals surface area contributed by atoms with E-state index in [1.165, 1.54) is 11.3 Å². The zero-order valence-corrected chi connectivity index (χ0v) is 16.8. The van der Waals surface area contributed by atoms with Crippen LogP contribution in [0.15, 0.2) is 48.5 Å². The summed E-state index contributed by atoms with van der Waals surface area (Å²) in [7, 11) is 1.59. The monoisotopic (exact) mass is 408 g/mol. The molecule has 6 nitrogen and oxygen atoms in total. The number of ether oxygens (including phenoxy) is 1. The summed E-state index contributed by atoms with van der Waals surface area (Å²) >= 11 is 1.27. The van der Waals surface area contributed by atoms with Crippen molar-refractivity contribution in [1.29, 1.82) is 0 Å². The van der Waals surface area contributed by atoms with Crippen molar-refractivity contribution in [3.63, 3.8) is 0 Å². The van der Waals surface area contributed by atoms with Crippen molar-refractivity contribution in [2.24, 2.45) is 0 Å². The fourth-order valence-corrected chi connectivity index (χ4v) is 4.79. The number of phenols is 1. The molecule has 2 amide bonds. The van der Waals surface area contributed by atoms with Gasteiger partial charge in [-0.2, -0.15) is 0 Å². The van der Waals surface area contributed by atoms with Gasteiger partial charge in [-0.25, -0.2) is 0 Å². The molecular formula is C22H20N2O4S. The van der Waals surface area contributed by atoms with E-state index < -0.39 is 0 Å². The van der Waals surface area contributed by atoms with Crippen molar-refractivity contribution < 1.29 is 19.4 Å². The predicted octanol–water partition coefficient (Wildman–Crippen LogP) is 4.50. The van der Waals surface area contributed by atoms with Crippen molar-refractivity contribution in [2.75, 3.05) is 17.7 Å². The minimum absolute atomic E-state index is 0.103. The largest absolute Gasteiger partial charge is 0.508 e. The Bertz CT molecular complexity index is 1090. The van der Waals surface area contributed by atoms with Gasteiger partial charge in [0.15, 0.2) is 0 Å². The first kappa shape index (κ1) is 19.0. The third kappa shape index (κ3) is 3.69. The Balaban J connectivity index is 1.67. The third-order valence-corrected chi connectivity index (χ3v) is 6.23. The SMILES string of the molecule is COc1ccc(NC(=O)c2sc3c(c2C)[C@@H](c2cccc(O)c2)CC(=O)N3)cc1. The molecule has 1 atom stereocenters. The van der Waals surface area contributed by atoms with Gasteiger partial charge in [0.05, 0.1) is 17.0 Å². The molecule has 0 fully saturated rings. The standard InChI is InChI=1S/C22H20N2O4S/c1-12-19-17(13-4-3-5-15(25)10-13)11-18(26)24-22(19)29-20(12)21(27)23-14-6-8-16(28-2)9-7-14/h3-10,17,25H,11H2,1-2H3,(H,23,27)(H,24,26)/t17-/m1/s1. The van der Waals surface area contributed by atoms with Crippen LogP contribution in [-0.4, -0.2) is 24.0 Å². The molecule has 1 aliphatic heterocycles. The van der Waals surface area contributed by atoms with E-state index in [4.69, 9.17) is 4.74 Å². The molecular weight excluding hydrogens is 388 g/mol. The number of phenolic OH excluding ortho intramolecular Hbond substituents is 1. The molecule has 148 valence electrons. The van der Waals surface area contributed by atoms with Crippen LogP contribution in [0.25, 0.3) is 0 Å². The minimum Gasteiger partial charge on any atom is -0.508 e. The summed E-state index contributed by atoms with van der Waals surface area (Å²) in [5.41, 5.74) is 3.28. The van der Waals surface area contributed by atoms with E-state index in [2.05, 4.69) is 10.6 Å². The van der Waals surface area contributed by atoms with Crippen LogP contribution in [0, 0.1) is 6.92 Å². The molecule has 0 saturated heterocycles. The number of rotatable bonds is 4. The van der Waals surface area contributed by atoms with Gasteiger partial charge in [-0.15, -0.1) is 11.3 Å². The summed E-state index contributed by atoms with van der Waals surface area (Å²) in [6.45, 7) is 1.89. The molecule has 0 bridgehead atoms. The Labute approximate surface area is 172 Å². The van der Waals surface area contributed by atoms with E-state index in [1.807, 2.05) is 13.0 Å². The first-order valence-electron chi connectivity index (χ1n) is 9.13. The molecule has 0 radical (unpaired) electrons. The Kier molecular flexibility index (Phi) is 4.98. The van der Waals surface area contributed by atoms with Crippen molar-refractivity contribution >= 4 is 33.8 Å². The van der Waals surface area contributed by atoms with Crippen LogP contribution in [0.2, 0.25) is 0 Å². The first-order chi connectivity index (χ1) is 14.0. The Hall–Kier alpha value is -3.32. The number of aromatic hydroxyl groups is 1. The number of anilines is 2. The highest BCUT2D eigenvalue weighted by atomic mass is 32.1. The van der Waals surface area contributed by atoms with Crippen molar-refractivity contribution in [3.05, 3.63) is 70.1 Å². The van der Waals surface area contributed by atoms with Crippen LogP contribution in [-0.2, 0) is 4.79 Å². The average molecular weight is 408 g/mol. The summed E-state index contributed by atoms with van der Waals surface area (Å²) in [6, 6.07) is 14.0. The topological polar surface area (TPSA) is 87.7 Å². The Morgan fingerprint density at radius 2 is 2.00 bits per heavy atom. The third-order valence-electron chi connectivity index (χ3n) is 5.01. The number of fused-ring (bicyclic) bond motifs is 1. The Morgan fingerprint density at radius 1 is 1.24 bits per heavy atom. The van der Waals surface area contributed by atoms with Crippen molar-refractivity contribution in [3.8, 4) is 11.5 Å². The normalized spacial score (nSPS) is 15.4. The van der Waals surface area contributed by atoms with Crippen LogP contribution in [0.3, 0.4) is 0 Å². The number of hydrogen-bond acceptors (Lipinski definition) is 5. The maximum atomic E-state index is 12.9. The number of carbonyl (C=O) groups excluding carboxylic acids is 2. The second-order valence-corrected chi connectivity index (χ2v) is 7.90. The molecule has 2 aromatic carbocycles. The lowest BCUT2D eigenvalue weighted by molar-refractivity contribution is -0.116. The number of amides is 2. The second kappa shape index (κ2) is 7.60. The zero-order valence-electron chi connectivity index (χ0n) is 16.0. The summed E-state index contributed by atoms with van der Waals surface area (Å²) in [5.74, 6) is 0.331. The van der Waals surface area contributed by atoms with Gasteiger partial charge in [0, 0.05) is 18.0 Å². The molecule has 1 aromatic heterocycles. The highest BCUT2D eigenvalue weighted by molar-refractivity contribution is 7.18. The van der Waals surface area contributed by atoms with E-state index in [1.54, 1.807) is 49.6 Å². The predicted molar refractivity (Wildman–Crippen MR) is 113 cm³/mol. The summed E-state index contributed by atoms with van der Waals surface area (Å²) in [4.78, 5) is 25.7. The second-order valence-electron chi connectivity index (χ2n) is 6.88. The van der Waals surface area contributed by atoms with E-state index in [-0.39, 0.29) is 29.9 Å². The number of benzene rings is 2. The first-order valence-corrected chi connectivity index (χ1v) is 9.95. The molecule has 3 N–H and O–H groups in total. The van der Waals surface area contributed by atoms with Gasteiger partial charge in [-0.1, -0.05) is 12.1 Å². The maximum absolute atomic E-state index is 12.9. The minimum atomic E-state index is -0.226. The molecule has 1 aliphatic rings. The van der Waals surface area contributed by atoms with E-state index >= 15 is 0 Å². The van der Waals surface area contributed by atoms with Gasteiger partial charge >= 0.3 is 0 Å². The van der Waals surface area contributed by atoms with Crippen LogP contribution >= 0.6 is 11.3 Å².